The summed E-state index contributed by atoms with van der Waals surface area (Å²) >= 11 is 0. The first-order valence-corrected chi connectivity index (χ1v) is 7.08. The zero-order valence-corrected chi connectivity index (χ0v) is 13.3. The van der Waals surface area contributed by atoms with Crippen molar-refractivity contribution in [1.82, 2.24) is 5.43 Å². The largest absolute Gasteiger partial charge is 0.496 e. The second kappa shape index (κ2) is 6.89. The number of carbonyl (C=O) groups excluding carboxylic acids is 1. The quantitative estimate of drug-likeness (QED) is 0.694. The van der Waals surface area contributed by atoms with Gasteiger partial charge in [-0.05, 0) is 38.5 Å². The van der Waals surface area contributed by atoms with Gasteiger partial charge in [-0.2, -0.15) is 5.10 Å². The lowest BCUT2D eigenvalue weighted by molar-refractivity contribution is 0.0952. The fraction of sp³-hybridized carbons (Fsp3) is 0.222. The van der Waals surface area contributed by atoms with Crippen molar-refractivity contribution in [3.05, 3.63) is 64.7 Å². The van der Waals surface area contributed by atoms with E-state index in [4.69, 9.17) is 4.74 Å². The first-order chi connectivity index (χ1) is 10.5. The number of carbonyl (C=O) groups is 1. The van der Waals surface area contributed by atoms with Gasteiger partial charge >= 0.3 is 0 Å². The summed E-state index contributed by atoms with van der Waals surface area (Å²) in [6.45, 7) is 5.95. The Bertz CT molecular complexity index is 721. The predicted molar refractivity (Wildman–Crippen MR) is 88.6 cm³/mol. The number of nitrogens with zero attached hydrogens (tertiary/aromatic N) is 1. The van der Waals surface area contributed by atoms with E-state index in [0.717, 1.165) is 16.8 Å². The summed E-state index contributed by atoms with van der Waals surface area (Å²) < 4.78 is 5.18. The van der Waals surface area contributed by atoms with Crippen molar-refractivity contribution in [1.29, 1.82) is 0 Å². The second-order valence-corrected chi connectivity index (χ2v) is 5.16. The zero-order chi connectivity index (χ0) is 16.1. The summed E-state index contributed by atoms with van der Waals surface area (Å²) in [6, 6.07) is 13.2. The third-order valence-corrected chi connectivity index (χ3v) is 3.45. The molecule has 2 rings (SSSR count). The Labute approximate surface area is 130 Å². The highest BCUT2D eigenvalue weighted by atomic mass is 16.5. The molecule has 1 N–H and O–H groups in total. The number of para-hydroxylation sites is 1. The van der Waals surface area contributed by atoms with Crippen LogP contribution in [-0.4, -0.2) is 18.7 Å². The highest BCUT2D eigenvalue weighted by molar-refractivity contribution is 6.02. The number of ether oxygens (including phenoxy) is 1. The molecule has 4 heteroatoms. The van der Waals surface area contributed by atoms with Crippen LogP contribution >= 0.6 is 0 Å². The lowest BCUT2D eigenvalue weighted by Gasteiger charge is -2.08. The third-order valence-electron chi connectivity index (χ3n) is 3.45. The van der Waals surface area contributed by atoms with Gasteiger partial charge < -0.3 is 4.74 Å². The average Bonchev–Trinajstić information content (AvgIpc) is 2.52. The van der Waals surface area contributed by atoms with Gasteiger partial charge in [0.1, 0.15) is 5.75 Å². The number of benzene rings is 2. The first kappa shape index (κ1) is 15.8. The van der Waals surface area contributed by atoms with E-state index in [1.54, 1.807) is 18.2 Å². The van der Waals surface area contributed by atoms with Crippen molar-refractivity contribution in [2.24, 2.45) is 5.10 Å². The van der Waals surface area contributed by atoms with Crippen molar-refractivity contribution in [3.63, 3.8) is 0 Å². The first-order valence-electron chi connectivity index (χ1n) is 7.08. The Morgan fingerprint density at radius 2 is 1.82 bits per heavy atom. The van der Waals surface area contributed by atoms with Gasteiger partial charge in [0.2, 0.25) is 0 Å². The predicted octanol–water partition coefficient (Wildman–Crippen LogP) is 3.47. The summed E-state index contributed by atoms with van der Waals surface area (Å²) in [5.74, 6) is 0.237. The molecule has 0 saturated heterocycles. The standard InChI is InChI=1S/C18H20N2O2/c1-12-9-10-15(13(2)11-12)14(3)19-20-18(21)16-7-5-6-8-17(16)22-4/h5-11H,1-4H3,(H,20,21)/b19-14+. The van der Waals surface area contributed by atoms with Gasteiger partial charge in [-0.15, -0.1) is 0 Å². The number of amides is 1. The van der Waals surface area contributed by atoms with Gasteiger partial charge in [0.25, 0.3) is 5.91 Å². The van der Waals surface area contributed by atoms with Crippen molar-refractivity contribution in [2.45, 2.75) is 20.8 Å². The molecular weight excluding hydrogens is 276 g/mol. The third kappa shape index (κ3) is 3.52. The number of aryl methyl sites for hydroxylation is 2. The van der Waals surface area contributed by atoms with E-state index in [1.165, 1.54) is 12.7 Å². The van der Waals surface area contributed by atoms with Crippen LogP contribution in [-0.2, 0) is 0 Å². The molecule has 0 bridgehead atoms. The molecule has 1 amide bonds. The fourth-order valence-corrected chi connectivity index (χ4v) is 2.31. The zero-order valence-electron chi connectivity index (χ0n) is 13.3. The fourth-order valence-electron chi connectivity index (χ4n) is 2.31. The van der Waals surface area contributed by atoms with Gasteiger partial charge in [0.15, 0.2) is 0 Å². The molecule has 0 aliphatic heterocycles. The smallest absolute Gasteiger partial charge is 0.275 e. The van der Waals surface area contributed by atoms with E-state index in [-0.39, 0.29) is 5.91 Å². The molecule has 0 unspecified atom stereocenters. The lowest BCUT2D eigenvalue weighted by Crippen LogP contribution is -2.20. The van der Waals surface area contributed by atoms with Crippen LogP contribution in [0.4, 0.5) is 0 Å². The summed E-state index contributed by atoms with van der Waals surface area (Å²) in [5.41, 5.74) is 7.16. The van der Waals surface area contributed by atoms with Crippen molar-refractivity contribution < 1.29 is 9.53 Å². The molecule has 0 saturated carbocycles. The Balaban J connectivity index is 2.18. The minimum atomic E-state index is -0.290. The molecular formula is C18H20N2O2. The molecule has 0 aliphatic rings. The highest BCUT2D eigenvalue weighted by Gasteiger charge is 2.11. The maximum Gasteiger partial charge on any atom is 0.275 e. The number of hydrogen-bond donors (Lipinski definition) is 1. The Morgan fingerprint density at radius 1 is 1.09 bits per heavy atom. The van der Waals surface area contributed by atoms with E-state index in [0.29, 0.717) is 11.3 Å². The molecule has 0 aromatic heterocycles. The number of hydrogen-bond acceptors (Lipinski definition) is 3. The van der Waals surface area contributed by atoms with Gasteiger partial charge in [-0.1, -0.05) is 35.9 Å². The van der Waals surface area contributed by atoms with E-state index < -0.39 is 0 Å². The molecule has 0 atom stereocenters. The van der Waals surface area contributed by atoms with Crippen molar-refractivity contribution >= 4 is 11.6 Å². The Kier molecular flexibility index (Phi) is 4.94. The highest BCUT2D eigenvalue weighted by Crippen LogP contribution is 2.17. The monoisotopic (exact) mass is 296 g/mol. The van der Waals surface area contributed by atoms with E-state index in [1.807, 2.05) is 39.0 Å². The summed E-state index contributed by atoms with van der Waals surface area (Å²) in [4.78, 5) is 12.2. The molecule has 2 aromatic carbocycles. The summed E-state index contributed by atoms with van der Waals surface area (Å²) in [6.07, 6.45) is 0. The Morgan fingerprint density at radius 3 is 2.50 bits per heavy atom. The number of hydrazone groups is 1. The molecule has 114 valence electrons. The van der Waals surface area contributed by atoms with Crippen molar-refractivity contribution in [2.75, 3.05) is 7.11 Å². The molecule has 0 fully saturated rings. The Hall–Kier alpha value is -2.62. The number of methoxy groups -OCH3 is 1. The maximum absolute atomic E-state index is 12.2. The SMILES string of the molecule is COc1ccccc1C(=O)N/N=C(\C)c1ccc(C)cc1C. The van der Waals surface area contributed by atoms with E-state index in [2.05, 4.69) is 16.6 Å². The maximum atomic E-state index is 12.2. The lowest BCUT2D eigenvalue weighted by atomic mass is 10.0. The van der Waals surface area contributed by atoms with Crippen LogP contribution in [0.1, 0.15) is 34.0 Å². The number of rotatable bonds is 4. The topological polar surface area (TPSA) is 50.7 Å². The summed E-state index contributed by atoms with van der Waals surface area (Å²) in [7, 11) is 1.54. The average molecular weight is 296 g/mol. The van der Waals surface area contributed by atoms with Crippen molar-refractivity contribution in [3.8, 4) is 5.75 Å². The van der Waals surface area contributed by atoms with Gasteiger partial charge in [0.05, 0.1) is 18.4 Å². The summed E-state index contributed by atoms with van der Waals surface area (Å²) in [5, 5.41) is 4.20. The van der Waals surface area contributed by atoms with Crippen LogP contribution in [0.3, 0.4) is 0 Å². The van der Waals surface area contributed by atoms with Gasteiger partial charge in [0, 0.05) is 5.56 Å². The molecule has 0 heterocycles. The second-order valence-electron chi connectivity index (χ2n) is 5.16. The molecule has 0 spiro atoms. The molecule has 4 nitrogen and oxygen atoms in total. The van der Waals surface area contributed by atoms with Crippen LogP contribution < -0.4 is 10.2 Å². The van der Waals surface area contributed by atoms with Crippen LogP contribution in [0.5, 0.6) is 5.75 Å². The molecule has 0 aliphatic carbocycles. The van der Waals surface area contributed by atoms with Crippen LogP contribution in [0, 0.1) is 13.8 Å². The van der Waals surface area contributed by atoms with Crippen LogP contribution in [0.2, 0.25) is 0 Å². The minimum absolute atomic E-state index is 0.290. The van der Waals surface area contributed by atoms with E-state index >= 15 is 0 Å². The van der Waals surface area contributed by atoms with Crippen LogP contribution in [0.15, 0.2) is 47.6 Å². The van der Waals surface area contributed by atoms with Crippen LogP contribution in [0.25, 0.3) is 0 Å². The normalized spacial score (nSPS) is 11.2. The van der Waals surface area contributed by atoms with Gasteiger partial charge in [-0.25, -0.2) is 5.43 Å². The minimum Gasteiger partial charge on any atom is -0.496 e. The van der Waals surface area contributed by atoms with E-state index in [9.17, 15) is 4.79 Å². The molecule has 2 aromatic rings. The molecule has 0 radical (unpaired) electrons. The van der Waals surface area contributed by atoms with Gasteiger partial charge in [-0.3, -0.25) is 4.79 Å². The molecule has 22 heavy (non-hydrogen) atoms. The number of nitrogens with one attached hydrogen (secondary N) is 1.